The third kappa shape index (κ3) is 3.70. The van der Waals surface area contributed by atoms with Crippen LogP contribution in [0.5, 0.6) is 0 Å². The van der Waals surface area contributed by atoms with Gasteiger partial charge in [0.25, 0.3) is 0 Å². The Morgan fingerprint density at radius 3 is 2.53 bits per heavy atom. The van der Waals surface area contributed by atoms with Crippen molar-refractivity contribution >= 4 is 11.7 Å². The Kier molecular flexibility index (Phi) is 4.43. The number of anilines is 1. The first-order chi connectivity index (χ1) is 9.06. The predicted molar refractivity (Wildman–Crippen MR) is 78.0 cm³/mol. The van der Waals surface area contributed by atoms with Gasteiger partial charge in [0.05, 0.1) is 0 Å². The molecule has 1 aromatic rings. The molecular formula is C15H23N3O. The van der Waals surface area contributed by atoms with Crippen molar-refractivity contribution in [1.82, 2.24) is 5.32 Å². The van der Waals surface area contributed by atoms with E-state index in [0.29, 0.717) is 12.1 Å². The molecule has 3 unspecified atom stereocenters. The molecule has 1 aromatic carbocycles. The lowest BCUT2D eigenvalue weighted by Gasteiger charge is -2.23. The van der Waals surface area contributed by atoms with Crippen LogP contribution in [0.4, 0.5) is 10.5 Å². The summed E-state index contributed by atoms with van der Waals surface area (Å²) >= 11 is 0. The van der Waals surface area contributed by atoms with E-state index in [1.807, 2.05) is 24.3 Å². The van der Waals surface area contributed by atoms with E-state index in [1.54, 1.807) is 0 Å². The molecule has 0 aromatic heterocycles. The Bertz CT molecular complexity index is 430. The van der Waals surface area contributed by atoms with Crippen LogP contribution in [0.15, 0.2) is 24.3 Å². The van der Waals surface area contributed by atoms with Crippen molar-refractivity contribution < 1.29 is 4.79 Å². The Labute approximate surface area is 114 Å². The number of benzene rings is 1. The van der Waals surface area contributed by atoms with Gasteiger partial charge in [0.1, 0.15) is 0 Å². The number of rotatable bonds is 4. The number of hydrogen-bond donors (Lipinski definition) is 3. The molecule has 0 radical (unpaired) electrons. The van der Waals surface area contributed by atoms with Crippen molar-refractivity contribution in [2.45, 2.75) is 45.2 Å². The van der Waals surface area contributed by atoms with E-state index in [-0.39, 0.29) is 0 Å². The van der Waals surface area contributed by atoms with Gasteiger partial charge in [0, 0.05) is 17.8 Å². The fraction of sp³-hybridized carbons (Fsp3) is 0.533. The second-order valence-corrected chi connectivity index (χ2v) is 5.51. The third-order valence-corrected chi connectivity index (χ3v) is 4.00. The van der Waals surface area contributed by atoms with Crippen molar-refractivity contribution in [2.24, 2.45) is 11.7 Å². The van der Waals surface area contributed by atoms with Crippen LogP contribution in [0.1, 0.15) is 44.7 Å². The monoisotopic (exact) mass is 261 g/mol. The normalized spacial score (nSPS) is 24.1. The molecule has 2 amide bonds. The Hall–Kier alpha value is -1.55. The summed E-state index contributed by atoms with van der Waals surface area (Å²) in [5, 5.41) is 6.26. The largest absolute Gasteiger partial charge is 0.351 e. The molecule has 104 valence electrons. The summed E-state index contributed by atoms with van der Waals surface area (Å²) in [7, 11) is 0. The average Bonchev–Trinajstić information content (AvgIpc) is 2.75. The summed E-state index contributed by atoms with van der Waals surface area (Å²) in [4.78, 5) is 10.8. The van der Waals surface area contributed by atoms with Gasteiger partial charge in [-0.3, -0.25) is 0 Å². The van der Waals surface area contributed by atoms with Gasteiger partial charge in [-0.05, 0) is 43.4 Å². The average molecular weight is 261 g/mol. The SMILES string of the molecule is CC(NC1CCCC1C)c1ccc(NC(N)=O)cc1. The van der Waals surface area contributed by atoms with Crippen molar-refractivity contribution in [3.8, 4) is 0 Å². The number of nitrogens with one attached hydrogen (secondary N) is 2. The molecule has 19 heavy (non-hydrogen) atoms. The molecule has 0 aliphatic heterocycles. The van der Waals surface area contributed by atoms with Crippen LogP contribution in [0.25, 0.3) is 0 Å². The summed E-state index contributed by atoms with van der Waals surface area (Å²) < 4.78 is 0. The molecule has 1 aliphatic carbocycles. The smallest absolute Gasteiger partial charge is 0.316 e. The first-order valence-corrected chi connectivity index (χ1v) is 6.98. The first kappa shape index (κ1) is 13.9. The lowest BCUT2D eigenvalue weighted by atomic mass is 10.0. The topological polar surface area (TPSA) is 67.2 Å². The van der Waals surface area contributed by atoms with E-state index in [9.17, 15) is 4.79 Å². The van der Waals surface area contributed by atoms with Crippen LogP contribution >= 0.6 is 0 Å². The van der Waals surface area contributed by atoms with Crippen LogP contribution < -0.4 is 16.4 Å². The molecule has 1 aliphatic rings. The van der Waals surface area contributed by atoms with Gasteiger partial charge >= 0.3 is 6.03 Å². The van der Waals surface area contributed by atoms with Crippen molar-refractivity contribution in [1.29, 1.82) is 0 Å². The molecule has 1 fully saturated rings. The van der Waals surface area contributed by atoms with Crippen LogP contribution in [0.3, 0.4) is 0 Å². The number of carbonyl (C=O) groups is 1. The van der Waals surface area contributed by atoms with Gasteiger partial charge in [-0.25, -0.2) is 4.79 Å². The maximum atomic E-state index is 10.8. The molecule has 4 heteroatoms. The highest BCUT2D eigenvalue weighted by molar-refractivity contribution is 5.87. The second-order valence-electron chi connectivity index (χ2n) is 5.51. The van der Waals surface area contributed by atoms with E-state index in [4.69, 9.17) is 5.73 Å². The minimum Gasteiger partial charge on any atom is -0.351 e. The molecule has 0 spiro atoms. The molecule has 0 saturated heterocycles. The molecule has 3 atom stereocenters. The first-order valence-electron chi connectivity index (χ1n) is 6.98. The molecular weight excluding hydrogens is 238 g/mol. The summed E-state index contributed by atoms with van der Waals surface area (Å²) in [5.41, 5.74) is 7.05. The Balaban J connectivity index is 1.95. The van der Waals surface area contributed by atoms with Gasteiger partial charge in [-0.1, -0.05) is 25.5 Å². The van der Waals surface area contributed by atoms with E-state index < -0.39 is 6.03 Å². The van der Waals surface area contributed by atoms with E-state index in [0.717, 1.165) is 11.6 Å². The summed E-state index contributed by atoms with van der Waals surface area (Å²) in [6, 6.07) is 8.25. The number of amides is 2. The number of nitrogens with two attached hydrogens (primary N) is 1. The van der Waals surface area contributed by atoms with Crippen LogP contribution in [-0.2, 0) is 0 Å². The van der Waals surface area contributed by atoms with Crippen LogP contribution in [0.2, 0.25) is 0 Å². The summed E-state index contributed by atoms with van der Waals surface area (Å²) in [6.07, 6.45) is 3.92. The molecule has 0 heterocycles. The zero-order valence-corrected chi connectivity index (χ0v) is 11.6. The van der Waals surface area contributed by atoms with E-state index in [2.05, 4.69) is 24.5 Å². The van der Waals surface area contributed by atoms with Crippen LogP contribution in [-0.4, -0.2) is 12.1 Å². The molecule has 0 bridgehead atoms. The number of urea groups is 1. The molecule has 4 N–H and O–H groups in total. The van der Waals surface area contributed by atoms with Crippen molar-refractivity contribution in [3.05, 3.63) is 29.8 Å². The highest BCUT2D eigenvalue weighted by Gasteiger charge is 2.24. The molecule has 4 nitrogen and oxygen atoms in total. The quantitative estimate of drug-likeness (QED) is 0.780. The standard InChI is InChI=1S/C15H23N3O/c1-10-4-3-5-14(10)17-11(2)12-6-8-13(9-7-12)18-15(16)19/h6-11,14,17H,3-5H2,1-2H3,(H3,16,18,19). The summed E-state index contributed by atoms with van der Waals surface area (Å²) in [6.45, 7) is 4.50. The number of carbonyl (C=O) groups excluding carboxylic acids is 1. The minimum absolute atomic E-state index is 0.327. The highest BCUT2D eigenvalue weighted by Crippen LogP contribution is 2.27. The number of hydrogen-bond acceptors (Lipinski definition) is 2. The third-order valence-electron chi connectivity index (χ3n) is 4.00. The lowest BCUT2D eigenvalue weighted by molar-refractivity contribution is 0.259. The van der Waals surface area contributed by atoms with E-state index >= 15 is 0 Å². The van der Waals surface area contributed by atoms with Crippen molar-refractivity contribution in [2.75, 3.05) is 5.32 Å². The van der Waals surface area contributed by atoms with Gasteiger partial charge in [0.2, 0.25) is 0 Å². The second kappa shape index (κ2) is 6.06. The zero-order valence-electron chi connectivity index (χ0n) is 11.6. The Morgan fingerprint density at radius 2 is 2.00 bits per heavy atom. The van der Waals surface area contributed by atoms with Crippen LogP contribution in [0, 0.1) is 5.92 Å². The van der Waals surface area contributed by atoms with Crippen molar-refractivity contribution in [3.63, 3.8) is 0 Å². The Morgan fingerprint density at radius 1 is 1.32 bits per heavy atom. The minimum atomic E-state index is -0.529. The molecule has 1 saturated carbocycles. The fourth-order valence-electron chi connectivity index (χ4n) is 2.81. The maximum Gasteiger partial charge on any atom is 0.316 e. The predicted octanol–water partition coefficient (Wildman–Crippen LogP) is 3.02. The zero-order chi connectivity index (χ0) is 13.8. The van der Waals surface area contributed by atoms with Gasteiger partial charge in [-0.2, -0.15) is 0 Å². The highest BCUT2D eigenvalue weighted by atomic mass is 16.2. The van der Waals surface area contributed by atoms with Gasteiger partial charge in [-0.15, -0.1) is 0 Å². The van der Waals surface area contributed by atoms with E-state index in [1.165, 1.54) is 24.8 Å². The van der Waals surface area contributed by atoms with Gasteiger partial charge in [0.15, 0.2) is 0 Å². The number of primary amides is 1. The van der Waals surface area contributed by atoms with Gasteiger partial charge < -0.3 is 16.4 Å². The fourth-order valence-corrected chi connectivity index (χ4v) is 2.81. The summed E-state index contributed by atoms with van der Waals surface area (Å²) in [5.74, 6) is 0.762. The molecule has 2 rings (SSSR count). The maximum absolute atomic E-state index is 10.8. The lowest BCUT2D eigenvalue weighted by Crippen LogP contribution is -2.33.